The van der Waals surface area contributed by atoms with Gasteiger partial charge in [0.2, 0.25) is 0 Å². The van der Waals surface area contributed by atoms with Gasteiger partial charge in [0.15, 0.2) is 34.9 Å². The molecular weight excluding hydrogens is 530 g/mol. The first kappa shape index (κ1) is 25.3. The number of hydrogen-bond donors (Lipinski definition) is 2. The van der Waals surface area contributed by atoms with Crippen molar-refractivity contribution in [2.75, 3.05) is 0 Å². The number of benzene rings is 6. The summed E-state index contributed by atoms with van der Waals surface area (Å²) in [6.45, 7) is 0. The Morgan fingerprint density at radius 1 is 0.425 bits per heavy atom. The van der Waals surface area contributed by atoms with Gasteiger partial charge in [-0.3, -0.25) is 0 Å². The van der Waals surface area contributed by atoms with Crippen LogP contribution in [0, 0.1) is 34.9 Å². The van der Waals surface area contributed by atoms with Gasteiger partial charge in [0.1, 0.15) is 11.5 Å². The minimum Gasteiger partial charge on any atom is -0.507 e. The molecule has 0 radical (unpaired) electrons. The molecule has 6 rings (SSSR count). The normalized spacial score (nSPS) is 11.4. The summed E-state index contributed by atoms with van der Waals surface area (Å²) in [4.78, 5) is 0. The van der Waals surface area contributed by atoms with Crippen LogP contribution in [-0.4, -0.2) is 10.2 Å². The molecule has 0 saturated heterocycles. The maximum absolute atomic E-state index is 14.2. The first-order chi connectivity index (χ1) is 19.2. The van der Waals surface area contributed by atoms with E-state index < -0.39 is 46.4 Å². The van der Waals surface area contributed by atoms with Crippen LogP contribution < -0.4 is 0 Å². The van der Waals surface area contributed by atoms with E-state index >= 15 is 0 Å². The molecule has 0 unspecified atom stereocenters. The molecule has 0 atom stereocenters. The third-order valence-corrected chi connectivity index (χ3v) is 6.88. The Bertz CT molecular complexity index is 1810. The van der Waals surface area contributed by atoms with E-state index in [2.05, 4.69) is 0 Å². The zero-order chi connectivity index (χ0) is 28.3. The van der Waals surface area contributed by atoms with Gasteiger partial charge in [-0.05, 0) is 69.1 Å². The number of rotatable bonds is 3. The van der Waals surface area contributed by atoms with Gasteiger partial charge in [-0.15, -0.1) is 0 Å². The van der Waals surface area contributed by atoms with E-state index in [-0.39, 0.29) is 33.4 Å². The smallest absolute Gasteiger partial charge is 0.194 e. The third-order valence-electron chi connectivity index (χ3n) is 6.88. The molecule has 2 N–H and O–H groups in total. The topological polar surface area (TPSA) is 40.5 Å². The molecular formula is C32H16F6O2. The van der Waals surface area contributed by atoms with Crippen LogP contribution in [0.5, 0.6) is 11.5 Å². The second-order valence-electron chi connectivity index (χ2n) is 9.25. The molecule has 2 nitrogen and oxygen atoms in total. The van der Waals surface area contributed by atoms with Gasteiger partial charge in [0.05, 0.1) is 0 Å². The summed E-state index contributed by atoms with van der Waals surface area (Å²) in [5, 5.41) is 25.1. The van der Waals surface area contributed by atoms with Crippen LogP contribution in [0.25, 0.3) is 54.9 Å². The molecule has 6 aromatic carbocycles. The predicted molar refractivity (Wildman–Crippen MR) is 141 cm³/mol. The highest BCUT2D eigenvalue weighted by molar-refractivity contribution is 6.13. The van der Waals surface area contributed by atoms with Crippen molar-refractivity contribution in [3.63, 3.8) is 0 Å². The van der Waals surface area contributed by atoms with Crippen molar-refractivity contribution in [1.29, 1.82) is 0 Å². The fraction of sp³-hybridized carbons (Fsp3) is 0. The lowest BCUT2D eigenvalue weighted by Gasteiger charge is -2.19. The van der Waals surface area contributed by atoms with Gasteiger partial charge >= 0.3 is 0 Å². The van der Waals surface area contributed by atoms with E-state index in [4.69, 9.17) is 0 Å². The summed E-state index contributed by atoms with van der Waals surface area (Å²) in [7, 11) is 0. The fourth-order valence-electron chi connectivity index (χ4n) is 5.04. The van der Waals surface area contributed by atoms with Gasteiger partial charge < -0.3 is 10.2 Å². The standard InChI is InChI=1S/C32H16F6O2/c33-23-11-17(12-24(34)29(23)37)21-9-15-5-1-3-7-19(15)27(31(21)39)28-20-8-4-2-6-16(20)10-22(32(28)40)18-13-25(35)30(38)26(36)14-18/h1-14,39-40H. The van der Waals surface area contributed by atoms with Crippen LogP contribution in [0.3, 0.4) is 0 Å². The molecule has 198 valence electrons. The van der Waals surface area contributed by atoms with Crippen LogP contribution >= 0.6 is 0 Å². The van der Waals surface area contributed by atoms with Gasteiger partial charge in [-0.25, -0.2) is 26.3 Å². The van der Waals surface area contributed by atoms with Crippen molar-refractivity contribution in [3.8, 4) is 44.9 Å². The van der Waals surface area contributed by atoms with Gasteiger partial charge in [-0.2, -0.15) is 0 Å². The first-order valence-electron chi connectivity index (χ1n) is 11.9. The van der Waals surface area contributed by atoms with E-state index in [1.165, 1.54) is 12.1 Å². The Hall–Kier alpha value is -4.98. The van der Waals surface area contributed by atoms with E-state index in [9.17, 15) is 36.6 Å². The molecule has 0 aliphatic carbocycles. The number of hydrogen-bond acceptors (Lipinski definition) is 2. The molecule has 0 amide bonds. The molecule has 0 aliphatic heterocycles. The summed E-state index contributed by atoms with van der Waals surface area (Å²) in [6, 6.07) is 19.3. The van der Waals surface area contributed by atoms with Crippen LogP contribution in [0.2, 0.25) is 0 Å². The largest absolute Gasteiger partial charge is 0.507 e. The lowest BCUT2D eigenvalue weighted by molar-refractivity contribution is 0.447. The first-order valence-corrected chi connectivity index (χ1v) is 11.9. The Morgan fingerprint density at radius 3 is 1.10 bits per heavy atom. The Balaban J connectivity index is 1.76. The lowest BCUT2D eigenvalue weighted by Crippen LogP contribution is -1.95. The second-order valence-corrected chi connectivity index (χ2v) is 9.25. The van der Waals surface area contributed by atoms with Crippen molar-refractivity contribution in [3.05, 3.63) is 120 Å². The maximum Gasteiger partial charge on any atom is 0.194 e. The van der Waals surface area contributed by atoms with Crippen LogP contribution in [-0.2, 0) is 0 Å². The average molecular weight is 546 g/mol. The van der Waals surface area contributed by atoms with E-state index in [1.807, 2.05) is 0 Å². The molecule has 8 heteroatoms. The highest BCUT2D eigenvalue weighted by Crippen LogP contribution is 2.51. The number of aromatic hydroxyl groups is 2. The Morgan fingerprint density at radius 2 is 0.750 bits per heavy atom. The SMILES string of the molecule is Oc1c(-c2cc(F)c(F)c(F)c2)cc2ccccc2c1-c1c(O)c(-c2cc(F)c(F)c(F)c2)cc2ccccc12. The zero-order valence-corrected chi connectivity index (χ0v) is 20.2. The summed E-state index contributed by atoms with van der Waals surface area (Å²) >= 11 is 0. The molecule has 0 spiro atoms. The maximum atomic E-state index is 14.2. The van der Waals surface area contributed by atoms with Crippen LogP contribution in [0.15, 0.2) is 84.9 Å². The Labute approximate surface area is 223 Å². The summed E-state index contributed by atoms with van der Waals surface area (Å²) in [6.07, 6.45) is 0. The van der Waals surface area contributed by atoms with Crippen molar-refractivity contribution in [1.82, 2.24) is 0 Å². The number of phenolic OH excluding ortho intramolecular Hbond substituents is 2. The molecule has 6 aromatic rings. The van der Waals surface area contributed by atoms with Gasteiger partial charge in [0, 0.05) is 22.3 Å². The Kier molecular flexibility index (Phi) is 5.91. The molecule has 40 heavy (non-hydrogen) atoms. The van der Waals surface area contributed by atoms with Crippen molar-refractivity contribution >= 4 is 21.5 Å². The minimum absolute atomic E-state index is 0.0526. The van der Waals surface area contributed by atoms with Crippen molar-refractivity contribution in [2.24, 2.45) is 0 Å². The minimum atomic E-state index is -1.67. The quantitative estimate of drug-likeness (QED) is 0.172. The molecule has 0 aliphatic rings. The number of phenols is 2. The zero-order valence-electron chi connectivity index (χ0n) is 20.2. The highest BCUT2D eigenvalue weighted by atomic mass is 19.2. The summed E-state index contributed by atoms with van der Waals surface area (Å²) in [5.41, 5.74) is -0.334. The number of halogens is 6. The second kappa shape index (κ2) is 9.34. The fourth-order valence-corrected chi connectivity index (χ4v) is 5.04. The van der Waals surface area contributed by atoms with Crippen LogP contribution in [0.1, 0.15) is 0 Å². The summed E-state index contributed by atoms with van der Waals surface area (Å²) in [5.74, 6) is -10.1. The van der Waals surface area contributed by atoms with E-state index in [0.29, 0.717) is 21.5 Å². The van der Waals surface area contributed by atoms with Gasteiger partial charge in [0.25, 0.3) is 0 Å². The molecule has 0 bridgehead atoms. The predicted octanol–water partition coefficient (Wildman–Crippen LogP) is 9.24. The molecule has 0 heterocycles. The molecule has 0 aromatic heterocycles. The van der Waals surface area contributed by atoms with Gasteiger partial charge in [-0.1, -0.05) is 48.5 Å². The number of fused-ring (bicyclic) bond motifs is 2. The molecule has 0 fully saturated rings. The third kappa shape index (κ3) is 3.91. The van der Waals surface area contributed by atoms with E-state index in [1.54, 1.807) is 48.5 Å². The van der Waals surface area contributed by atoms with Crippen LogP contribution in [0.4, 0.5) is 26.3 Å². The van der Waals surface area contributed by atoms with Crippen molar-refractivity contribution < 1.29 is 36.6 Å². The summed E-state index contributed by atoms with van der Waals surface area (Å²) < 4.78 is 84.1. The van der Waals surface area contributed by atoms with Crippen molar-refractivity contribution in [2.45, 2.75) is 0 Å². The average Bonchev–Trinajstić information content (AvgIpc) is 2.94. The van der Waals surface area contributed by atoms with E-state index in [0.717, 1.165) is 24.3 Å². The monoisotopic (exact) mass is 546 g/mol. The highest BCUT2D eigenvalue weighted by Gasteiger charge is 2.25. The lowest BCUT2D eigenvalue weighted by atomic mass is 9.86. The molecule has 0 saturated carbocycles.